The van der Waals surface area contributed by atoms with Crippen LogP contribution in [0.5, 0.6) is 0 Å². The van der Waals surface area contributed by atoms with E-state index in [4.69, 9.17) is 4.74 Å². The van der Waals surface area contributed by atoms with Gasteiger partial charge in [-0.25, -0.2) is 0 Å². The molecule has 0 fully saturated rings. The molecule has 0 atom stereocenters. The highest BCUT2D eigenvalue weighted by Crippen LogP contribution is 2.09. The quantitative estimate of drug-likeness (QED) is 0.510. The highest BCUT2D eigenvalue weighted by Gasteiger charge is 2.11. The third-order valence-electron chi connectivity index (χ3n) is 3.86. The molecule has 0 bridgehead atoms. The third-order valence-corrected chi connectivity index (χ3v) is 4.54. The summed E-state index contributed by atoms with van der Waals surface area (Å²) >= 11 is 1.43. The Hall–Kier alpha value is -2.47. The minimum Gasteiger partial charge on any atom is -0.457 e. The number of rotatable bonds is 10. The van der Waals surface area contributed by atoms with Crippen molar-refractivity contribution in [3.05, 3.63) is 57.8 Å². The summed E-state index contributed by atoms with van der Waals surface area (Å²) in [4.78, 5) is 35.5. The van der Waals surface area contributed by atoms with Crippen molar-refractivity contribution in [3.8, 4) is 0 Å². The molecule has 0 saturated carbocycles. The molecule has 1 aromatic heterocycles. The zero-order valence-electron chi connectivity index (χ0n) is 14.8. The van der Waals surface area contributed by atoms with E-state index in [9.17, 15) is 14.4 Å². The van der Waals surface area contributed by atoms with Gasteiger partial charge in [0, 0.05) is 23.1 Å². The predicted molar refractivity (Wildman–Crippen MR) is 102 cm³/mol. The van der Waals surface area contributed by atoms with E-state index in [-0.39, 0.29) is 31.3 Å². The number of amides is 1. The predicted octanol–water partition coefficient (Wildman–Crippen LogP) is 3.64. The van der Waals surface area contributed by atoms with Crippen LogP contribution < -0.4 is 5.32 Å². The third kappa shape index (κ3) is 6.44. The van der Waals surface area contributed by atoms with Crippen LogP contribution in [0.2, 0.25) is 0 Å². The van der Waals surface area contributed by atoms with Crippen molar-refractivity contribution in [2.75, 3.05) is 13.2 Å². The van der Waals surface area contributed by atoms with E-state index in [2.05, 4.69) is 12.2 Å². The average Bonchev–Trinajstić information content (AvgIpc) is 3.19. The average molecular weight is 373 g/mol. The van der Waals surface area contributed by atoms with Crippen molar-refractivity contribution >= 4 is 29.0 Å². The number of hydrogen-bond acceptors (Lipinski definition) is 5. The number of hydrogen-bond donors (Lipinski definition) is 1. The summed E-state index contributed by atoms with van der Waals surface area (Å²) in [6.07, 6.45) is 3.27. The first kappa shape index (κ1) is 19.8. The molecule has 2 rings (SSSR count). The van der Waals surface area contributed by atoms with Gasteiger partial charge in [0.15, 0.2) is 12.4 Å². The van der Waals surface area contributed by atoms with Gasteiger partial charge in [-0.3, -0.25) is 14.4 Å². The Morgan fingerprint density at radius 3 is 2.50 bits per heavy atom. The van der Waals surface area contributed by atoms with E-state index in [1.807, 2.05) is 17.5 Å². The van der Waals surface area contributed by atoms with Crippen molar-refractivity contribution in [2.24, 2.45) is 0 Å². The number of aryl methyl sites for hydroxylation is 1. The lowest BCUT2D eigenvalue weighted by Gasteiger charge is -2.06. The minimum absolute atomic E-state index is 0.0269. The van der Waals surface area contributed by atoms with Crippen LogP contribution in [-0.4, -0.2) is 30.8 Å². The fourth-order valence-electron chi connectivity index (χ4n) is 2.31. The molecule has 6 heteroatoms. The molecule has 2 aromatic rings. The Bertz CT molecular complexity index is 723. The summed E-state index contributed by atoms with van der Waals surface area (Å²) in [5.41, 5.74) is 2.30. The lowest BCUT2D eigenvalue weighted by Crippen LogP contribution is -2.26. The van der Waals surface area contributed by atoms with Gasteiger partial charge in [-0.05, 0) is 29.9 Å². The molecule has 1 amide bonds. The monoisotopic (exact) mass is 373 g/mol. The van der Waals surface area contributed by atoms with Crippen LogP contribution in [0.1, 0.15) is 52.5 Å². The maximum atomic E-state index is 12.1. The Kier molecular flexibility index (Phi) is 8.02. The molecule has 26 heavy (non-hydrogen) atoms. The normalized spacial score (nSPS) is 10.3. The first-order valence-corrected chi connectivity index (χ1v) is 9.62. The topological polar surface area (TPSA) is 72.5 Å². The molecule has 0 unspecified atom stereocenters. The fraction of sp³-hybridized carbons (Fsp3) is 0.350. The number of carbonyl (C=O) groups excluding carboxylic acids is 3. The summed E-state index contributed by atoms with van der Waals surface area (Å²) in [6.45, 7) is 2.03. The maximum absolute atomic E-state index is 12.1. The molecule has 0 aliphatic carbocycles. The molecule has 0 spiro atoms. The number of benzene rings is 1. The standard InChI is InChI=1S/C20H23NO4S/c1-2-3-4-15-5-7-16(8-6-15)18(22)13-25-19(23)9-11-21-20(24)17-10-12-26-14-17/h5-8,10,12,14H,2-4,9,11,13H2,1H3,(H,21,24). The Morgan fingerprint density at radius 1 is 1.08 bits per heavy atom. The van der Waals surface area contributed by atoms with Crippen LogP contribution >= 0.6 is 11.3 Å². The van der Waals surface area contributed by atoms with Crippen molar-refractivity contribution < 1.29 is 19.1 Å². The Balaban J connectivity index is 1.68. The maximum Gasteiger partial charge on any atom is 0.308 e. The zero-order chi connectivity index (χ0) is 18.8. The summed E-state index contributed by atoms with van der Waals surface area (Å²) in [6, 6.07) is 9.12. The van der Waals surface area contributed by atoms with Crippen molar-refractivity contribution in [1.82, 2.24) is 5.32 Å². The highest BCUT2D eigenvalue weighted by molar-refractivity contribution is 7.08. The number of ketones is 1. The summed E-state index contributed by atoms with van der Waals surface area (Å²) in [5.74, 6) is -0.968. The van der Waals surface area contributed by atoms with Crippen LogP contribution in [0.3, 0.4) is 0 Å². The molecular weight excluding hydrogens is 350 g/mol. The molecule has 5 nitrogen and oxygen atoms in total. The van der Waals surface area contributed by atoms with E-state index < -0.39 is 5.97 Å². The van der Waals surface area contributed by atoms with Crippen molar-refractivity contribution in [2.45, 2.75) is 32.6 Å². The lowest BCUT2D eigenvalue weighted by molar-refractivity contribution is -0.142. The second-order valence-electron chi connectivity index (χ2n) is 5.90. The van der Waals surface area contributed by atoms with Gasteiger partial charge >= 0.3 is 5.97 Å². The van der Waals surface area contributed by atoms with Crippen LogP contribution in [0.25, 0.3) is 0 Å². The van der Waals surface area contributed by atoms with Gasteiger partial charge in [0.2, 0.25) is 0 Å². The van der Waals surface area contributed by atoms with Gasteiger partial charge in [0.05, 0.1) is 6.42 Å². The molecule has 1 aromatic carbocycles. The number of nitrogens with one attached hydrogen (secondary N) is 1. The number of esters is 1. The first-order valence-electron chi connectivity index (χ1n) is 8.68. The van der Waals surface area contributed by atoms with E-state index in [1.165, 1.54) is 16.9 Å². The van der Waals surface area contributed by atoms with Gasteiger partial charge in [-0.2, -0.15) is 11.3 Å². The zero-order valence-corrected chi connectivity index (χ0v) is 15.6. The van der Waals surface area contributed by atoms with Crippen LogP contribution in [-0.2, 0) is 16.0 Å². The molecule has 1 heterocycles. The van der Waals surface area contributed by atoms with Gasteiger partial charge < -0.3 is 10.1 Å². The van der Waals surface area contributed by atoms with Crippen molar-refractivity contribution in [1.29, 1.82) is 0 Å². The SMILES string of the molecule is CCCCc1ccc(C(=O)COC(=O)CCNC(=O)c2ccsc2)cc1. The van der Waals surface area contributed by atoms with E-state index in [0.717, 1.165) is 19.3 Å². The number of Topliss-reactive ketones (excluding diaryl/α,β-unsaturated/α-hetero) is 1. The molecule has 0 aliphatic rings. The number of carbonyl (C=O) groups is 3. The Labute approximate surface area is 157 Å². The van der Waals surface area contributed by atoms with Crippen LogP contribution in [0.4, 0.5) is 0 Å². The van der Waals surface area contributed by atoms with E-state index in [1.54, 1.807) is 23.6 Å². The fourth-order valence-corrected chi connectivity index (χ4v) is 2.95. The molecule has 1 N–H and O–H groups in total. The minimum atomic E-state index is -0.511. The molecular formula is C20H23NO4S. The number of unbranched alkanes of at least 4 members (excludes halogenated alkanes) is 1. The first-order chi connectivity index (χ1) is 12.6. The summed E-state index contributed by atoms with van der Waals surface area (Å²) < 4.78 is 4.99. The van der Waals surface area contributed by atoms with Crippen molar-refractivity contribution in [3.63, 3.8) is 0 Å². The second kappa shape index (κ2) is 10.5. The highest BCUT2D eigenvalue weighted by atomic mass is 32.1. The number of ether oxygens (including phenoxy) is 1. The van der Waals surface area contributed by atoms with Gasteiger partial charge in [0.1, 0.15) is 0 Å². The smallest absolute Gasteiger partial charge is 0.308 e. The summed E-state index contributed by atoms with van der Waals surface area (Å²) in [7, 11) is 0. The molecule has 0 radical (unpaired) electrons. The lowest BCUT2D eigenvalue weighted by atomic mass is 10.0. The Morgan fingerprint density at radius 2 is 1.85 bits per heavy atom. The molecule has 138 valence electrons. The largest absolute Gasteiger partial charge is 0.457 e. The second-order valence-corrected chi connectivity index (χ2v) is 6.68. The number of thiophene rings is 1. The van der Waals surface area contributed by atoms with Crippen LogP contribution in [0, 0.1) is 0 Å². The van der Waals surface area contributed by atoms with Gasteiger partial charge in [0.25, 0.3) is 5.91 Å². The van der Waals surface area contributed by atoms with Gasteiger partial charge in [-0.15, -0.1) is 0 Å². The van der Waals surface area contributed by atoms with Crippen LogP contribution in [0.15, 0.2) is 41.1 Å². The van der Waals surface area contributed by atoms with Gasteiger partial charge in [-0.1, -0.05) is 37.6 Å². The summed E-state index contributed by atoms with van der Waals surface area (Å²) in [5, 5.41) is 6.19. The molecule has 0 saturated heterocycles. The van der Waals surface area contributed by atoms with E-state index >= 15 is 0 Å². The molecule has 0 aliphatic heterocycles. The van der Waals surface area contributed by atoms with E-state index in [0.29, 0.717) is 11.1 Å².